The van der Waals surface area contributed by atoms with Crippen LogP contribution in [0.15, 0.2) is 21.1 Å². The highest BCUT2D eigenvalue weighted by molar-refractivity contribution is 9.11. The van der Waals surface area contributed by atoms with Crippen molar-refractivity contribution >= 4 is 37.5 Å². The van der Waals surface area contributed by atoms with Crippen LogP contribution in [0.3, 0.4) is 0 Å². The van der Waals surface area contributed by atoms with Gasteiger partial charge in [0.25, 0.3) is 0 Å². The van der Waals surface area contributed by atoms with Gasteiger partial charge >= 0.3 is 0 Å². The average Bonchev–Trinajstić information content (AvgIpc) is 2.14. The van der Waals surface area contributed by atoms with E-state index in [1.54, 1.807) is 0 Å². The number of halogens is 2. The van der Waals surface area contributed by atoms with Gasteiger partial charge in [0, 0.05) is 8.95 Å². The predicted octanol–water partition coefficient (Wildman–Crippen LogP) is 2.52. The molecule has 78 valence electrons. The summed E-state index contributed by atoms with van der Waals surface area (Å²) < 4.78 is 7.12. The molecular formula is C9H12Br2N2O. The number of anilines is 1. The van der Waals surface area contributed by atoms with Crippen molar-refractivity contribution in [3.05, 3.63) is 21.1 Å². The van der Waals surface area contributed by atoms with Crippen LogP contribution in [0.5, 0.6) is 5.75 Å². The van der Waals surface area contributed by atoms with Gasteiger partial charge in [0.15, 0.2) is 0 Å². The van der Waals surface area contributed by atoms with E-state index >= 15 is 0 Å². The SMILES string of the molecule is NCCCOc1cc(Br)c(N)c(Br)c1. The van der Waals surface area contributed by atoms with E-state index in [9.17, 15) is 0 Å². The first kappa shape index (κ1) is 11.8. The Hall–Kier alpha value is -0.260. The van der Waals surface area contributed by atoms with Crippen LogP contribution < -0.4 is 16.2 Å². The van der Waals surface area contributed by atoms with E-state index in [-0.39, 0.29) is 0 Å². The Morgan fingerprint density at radius 2 is 1.79 bits per heavy atom. The Bertz CT molecular complexity index is 295. The van der Waals surface area contributed by atoms with Crippen molar-refractivity contribution in [2.24, 2.45) is 5.73 Å². The van der Waals surface area contributed by atoms with Crippen LogP contribution >= 0.6 is 31.9 Å². The molecule has 1 aromatic rings. The number of hydrogen-bond donors (Lipinski definition) is 2. The molecular weight excluding hydrogens is 312 g/mol. The Balaban J connectivity index is 2.69. The van der Waals surface area contributed by atoms with Gasteiger partial charge in [-0.25, -0.2) is 0 Å². The van der Waals surface area contributed by atoms with E-state index in [1.807, 2.05) is 12.1 Å². The molecule has 1 rings (SSSR count). The lowest BCUT2D eigenvalue weighted by Crippen LogP contribution is -2.06. The molecule has 0 bridgehead atoms. The van der Waals surface area contributed by atoms with Crippen LogP contribution in [0.25, 0.3) is 0 Å². The third kappa shape index (κ3) is 3.15. The first-order valence-corrected chi connectivity index (χ1v) is 5.81. The number of benzene rings is 1. The monoisotopic (exact) mass is 322 g/mol. The molecule has 0 aliphatic carbocycles. The molecule has 0 aliphatic heterocycles. The fraction of sp³-hybridized carbons (Fsp3) is 0.333. The molecule has 0 saturated carbocycles. The molecule has 3 nitrogen and oxygen atoms in total. The van der Waals surface area contributed by atoms with Crippen LogP contribution in [0.2, 0.25) is 0 Å². The van der Waals surface area contributed by atoms with E-state index in [0.717, 1.165) is 21.1 Å². The zero-order valence-corrected chi connectivity index (χ0v) is 10.8. The molecule has 0 heterocycles. The molecule has 0 spiro atoms. The van der Waals surface area contributed by atoms with Crippen molar-refractivity contribution in [3.63, 3.8) is 0 Å². The minimum atomic E-state index is 0.624. The normalized spacial score (nSPS) is 10.2. The third-order valence-electron chi connectivity index (χ3n) is 1.67. The topological polar surface area (TPSA) is 61.3 Å². The second-order valence-electron chi connectivity index (χ2n) is 2.79. The van der Waals surface area contributed by atoms with Crippen LogP contribution in [0, 0.1) is 0 Å². The summed E-state index contributed by atoms with van der Waals surface area (Å²) in [6.07, 6.45) is 0.847. The van der Waals surface area contributed by atoms with Gasteiger partial charge in [-0.05, 0) is 57.0 Å². The summed E-state index contributed by atoms with van der Waals surface area (Å²) in [5.41, 5.74) is 11.8. The van der Waals surface area contributed by atoms with Gasteiger partial charge in [0.1, 0.15) is 5.75 Å². The first-order valence-electron chi connectivity index (χ1n) is 4.22. The maximum atomic E-state index is 5.74. The van der Waals surface area contributed by atoms with Crippen LogP contribution in [0.1, 0.15) is 6.42 Å². The molecule has 0 amide bonds. The van der Waals surface area contributed by atoms with Crippen molar-refractivity contribution < 1.29 is 4.74 Å². The van der Waals surface area contributed by atoms with Crippen LogP contribution in [-0.2, 0) is 0 Å². The molecule has 0 atom stereocenters. The van der Waals surface area contributed by atoms with Crippen molar-refractivity contribution in [3.8, 4) is 5.75 Å². The average molecular weight is 324 g/mol. The third-order valence-corrected chi connectivity index (χ3v) is 2.98. The van der Waals surface area contributed by atoms with Gasteiger partial charge in [0.05, 0.1) is 12.3 Å². The van der Waals surface area contributed by atoms with E-state index in [1.165, 1.54) is 0 Å². The summed E-state index contributed by atoms with van der Waals surface area (Å²) in [5, 5.41) is 0. The number of ether oxygens (including phenoxy) is 1. The van der Waals surface area contributed by atoms with Crippen molar-refractivity contribution in [2.45, 2.75) is 6.42 Å². The predicted molar refractivity (Wildman–Crippen MR) is 65.4 cm³/mol. The van der Waals surface area contributed by atoms with Crippen LogP contribution in [-0.4, -0.2) is 13.2 Å². The zero-order valence-electron chi connectivity index (χ0n) is 7.59. The van der Waals surface area contributed by atoms with Crippen molar-refractivity contribution in [1.29, 1.82) is 0 Å². The molecule has 0 saturated heterocycles. The molecule has 0 fully saturated rings. The lowest BCUT2D eigenvalue weighted by atomic mass is 10.3. The second kappa shape index (κ2) is 5.58. The minimum Gasteiger partial charge on any atom is -0.493 e. The first-order chi connectivity index (χ1) is 6.65. The molecule has 14 heavy (non-hydrogen) atoms. The maximum Gasteiger partial charge on any atom is 0.121 e. The molecule has 4 N–H and O–H groups in total. The maximum absolute atomic E-state index is 5.74. The highest BCUT2D eigenvalue weighted by Gasteiger charge is 2.04. The summed E-state index contributed by atoms with van der Waals surface area (Å²) in [7, 11) is 0. The van der Waals surface area contributed by atoms with Crippen LogP contribution in [0.4, 0.5) is 5.69 Å². The van der Waals surface area contributed by atoms with E-state index < -0.39 is 0 Å². The molecule has 0 aromatic heterocycles. The number of nitrogens with two attached hydrogens (primary N) is 2. The molecule has 0 aliphatic rings. The zero-order chi connectivity index (χ0) is 10.6. The standard InChI is InChI=1S/C9H12Br2N2O/c10-7-4-6(14-3-1-2-12)5-8(11)9(7)13/h4-5H,1-3,12-13H2. The van der Waals surface area contributed by atoms with Gasteiger partial charge in [-0.1, -0.05) is 0 Å². The Morgan fingerprint density at radius 3 is 2.29 bits per heavy atom. The summed E-state index contributed by atoms with van der Waals surface area (Å²) in [5.74, 6) is 0.784. The molecule has 1 aromatic carbocycles. The molecule has 0 unspecified atom stereocenters. The highest BCUT2D eigenvalue weighted by atomic mass is 79.9. The Morgan fingerprint density at radius 1 is 1.21 bits per heavy atom. The van der Waals surface area contributed by atoms with Crippen molar-refractivity contribution in [1.82, 2.24) is 0 Å². The largest absolute Gasteiger partial charge is 0.493 e. The van der Waals surface area contributed by atoms with E-state index in [2.05, 4.69) is 31.9 Å². The van der Waals surface area contributed by atoms with Crippen molar-refractivity contribution in [2.75, 3.05) is 18.9 Å². The quantitative estimate of drug-likeness (QED) is 0.661. The summed E-state index contributed by atoms with van der Waals surface area (Å²) >= 11 is 6.69. The number of nitrogen functional groups attached to an aromatic ring is 1. The van der Waals surface area contributed by atoms with Gasteiger partial charge < -0.3 is 16.2 Å². The van der Waals surface area contributed by atoms with Gasteiger partial charge in [-0.2, -0.15) is 0 Å². The highest BCUT2D eigenvalue weighted by Crippen LogP contribution is 2.32. The molecule has 0 radical (unpaired) electrons. The van der Waals surface area contributed by atoms with E-state index in [0.29, 0.717) is 18.8 Å². The Labute approximate surface area is 100 Å². The lowest BCUT2D eigenvalue weighted by molar-refractivity contribution is 0.313. The summed E-state index contributed by atoms with van der Waals surface area (Å²) in [4.78, 5) is 0. The Kier molecular flexibility index (Phi) is 4.71. The van der Waals surface area contributed by atoms with Gasteiger partial charge in [0.2, 0.25) is 0 Å². The number of hydrogen-bond acceptors (Lipinski definition) is 3. The fourth-order valence-corrected chi connectivity index (χ4v) is 2.06. The van der Waals surface area contributed by atoms with E-state index in [4.69, 9.17) is 16.2 Å². The number of rotatable bonds is 4. The smallest absolute Gasteiger partial charge is 0.121 e. The second-order valence-corrected chi connectivity index (χ2v) is 4.50. The summed E-state index contributed by atoms with van der Waals surface area (Å²) in [6, 6.07) is 3.69. The van der Waals surface area contributed by atoms with Gasteiger partial charge in [-0.15, -0.1) is 0 Å². The fourth-order valence-electron chi connectivity index (χ4n) is 0.918. The summed E-state index contributed by atoms with van der Waals surface area (Å²) in [6.45, 7) is 1.26. The minimum absolute atomic E-state index is 0.624. The molecule has 5 heteroatoms. The lowest BCUT2D eigenvalue weighted by Gasteiger charge is -2.08. The van der Waals surface area contributed by atoms with Gasteiger partial charge in [-0.3, -0.25) is 0 Å².